The van der Waals surface area contributed by atoms with Crippen LogP contribution in [0.5, 0.6) is 0 Å². The molecule has 1 aromatic rings. The molecule has 16 heavy (non-hydrogen) atoms. The Kier molecular flexibility index (Phi) is 7.21. The predicted octanol–water partition coefficient (Wildman–Crippen LogP) is 2.06. The Morgan fingerprint density at radius 1 is 1.31 bits per heavy atom. The molecule has 0 saturated carbocycles. The average molecular weight is 223 g/mol. The van der Waals surface area contributed by atoms with Gasteiger partial charge in [0, 0.05) is 0 Å². The van der Waals surface area contributed by atoms with Crippen LogP contribution in [0.15, 0.2) is 24.3 Å². The fraction of sp³-hybridized carbons (Fsp3) is 0.462. The van der Waals surface area contributed by atoms with E-state index in [1.165, 1.54) is 12.7 Å². The van der Waals surface area contributed by atoms with Crippen molar-refractivity contribution in [2.24, 2.45) is 5.73 Å². The van der Waals surface area contributed by atoms with Crippen LogP contribution in [0.25, 0.3) is 0 Å². The predicted molar refractivity (Wildman–Crippen MR) is 66.2 cm³/mol. The summed E-state index contributed by atoms with van der Waals surface area (Å²) in [7, 11) is 1.34. The van der Waals surface area contributed by atoms with Gasteiger partial charge in [-0.3, -0.25) is 4.79 Å². The van der Waals surface area contributed by atoms with E-state index >= 15 is 0 Å². The van der Waals surface area contributed by atoms with Gasteiger partial charge in [-0.1, -0.05) is 43.7 Å². The van der Waals surface area contributed by atoms with E-state index in [0.29, 0.717) is 6.42 Å². The number of rotatable bonds is 3. The molecule has 90 valence electrons. The zero-order valence-electron chi connectivity index (χ0n) is 10.5. The highest BCUT2D eigenvalue weighted by Crippen LogP contribution is 2.05. The molecule has 0 amide bonds. The number of carbonyl (C=O) groups excluding carboxylic acids is 1. The van der Waals surface area contributed by atoms with E-state index in [-0.39, 0.29) is 5.97 Å². The molecule has 0 heterocycles. The van der Waals surface area contributed by atoms with Gasteiger partial charge in [-0.25, -0.2) is 0 Å². The van der Waals surface area contributed by atoms with Crippen LogP contribution in [0.1, 0.15) is 25.0 Å². The van der Waals surface area contributed by atoms with Crippen molar-refractivity contribution in [2.75, 3.05) is 7.11 Å². The van der Waals surface area contributed by atoms with Crippen LogP contribution < -0.4 is 5.73 Å². The summed E-state index contributed by atoms with van der Waals surface area (Å²) in [5, 5.41) is 0. The summed E-state index contributed by atoms with van der Waals surface area (Å²) >= 11 is 0. The first-order valence-corrected chi connectivity index (χ1v) is 5.52. The molecule has 0 radical (unpaired) electrons. The van der Waals surface area contributed by atoms with Crippen molar-refractivity contribution >= 4 is 5.97 Å². The van der Waals surface area contributed by atoms with Gasteiger partial charge in [0.15, 0.2) is 0 Å². The lowest BCUT2D eigenvalue weighted by molar-refractivity contribution is -0.142. The second-order valence-corrected chi connectivity index (χ2v) is 3.32. The minimum Gasteiger partial charge on any atom is -0.468 e. The monoisotopic (exact) mass is 223 g/mol. The van der Waals surface area contributed by atoms with Crippen LogP contribution in [0, 0.1) is 6.92 Å². The molecule has 1 atom stereocenters. The fourth-order valence-corrected chi connectivity index (χ4v) is 1.21. The zero-order chi connectivity index (χ0) is 12.6. The number of carbonyl (C=O) groups is 1. The minimum absolute atomic E-state index is 0.370. The molecule has 0 spiro atoms. The Morgan fingerprint density at radius 2 is 1.81 bits per heavy atom. The summed E-state index contributed by atoms with van der Waals surface area (Å²) in [5.74, 6) is -0.370. The highest BCUT2D eigenvalue weighted by molar-refractivity contribution is 5.75. The number of hydrogen-bond acceptors (Lipinski definition) is 3. The summed E-state index contributed by atoms with van der Waals surface area (Å²) in [6, 6.07) is 7.37. The first kappa shape index (κ1) is 14.6. The number of ether oxygens (including phenoxy) is 1. The van der Waals surface area contributed by atoms with Crippen LogP contribution in [0.4, 0.5) is 0 Å². The number of benzene rings is 1. The van der Waals surface area contributed by atoms with Crippen LogP contribution in [-0.2, 0) is 16.0 Å². The maximum Gasteiger partial charge on any atom is 0.322 e. The molecule has 3 heteroatoms. The van der Waals surface area contributed by atoms with Gasteiger partial charge in [-0.05, 0) is 18.9 Å². The molecule has 0 bridgehead atoms. The average Bonchev–Trinajstić information content (AvgIpc) is 2.33. The zero-order valence-corrected chi connectivity index (χ0v) is 10.5. The molecule has 0 saturated heterocycles. The Hall–Kier alpha value is -1.35. The minimum atomic E-state index is -0.567. The van der Waals surface area contributed by atoms with Gasteiger partial charge in [-0.15, -0.1) is 0 Å². The highest BCUT2D eigenvalue weighted by atomic mass is 16.5. The molecule has 1 aromatic carbocycles. The quantitative estimate of drug-likeness (QED) is 0.798. The van der Waals surface area contributed by atoms with Crippen molar-refractivity contribution in [2.45, 2.75) is 33.2 Å². The number of methoxy groups -OCH3 is 1. The Bertz CT molecular complexity index is 306. The van der Waals surface area contributed by atoms with E-state index in [0.717, 1.165) is 5.56 Å². The van der Waals surface area contributed by atoms with Crippen molar-refractivity contribution in [3.8, 4) is 0 Å². The molecule has 3 nitrogen and oxygen atoms in total. The maximum absolute atomic E-state index is 11.0. The van der Waals surface area contributed by atoms with Crippen molar-refractivity contribution in [3.63, 3.8) is 0 Å². The lowest BCUT2D eigenvalue weighted by Gasteiger charge is -2.08. The largest absolute Gasteiger partial charge is 0.468 e. The molecule has 2 N–H and O–H groups in total. The van der Waals surface area contributed by atoms with Crippen molar-refractivity contribution in [1.29, 1.82) is 0 Å². The van der Waals surface area contributed by atoms with E-state index in [2.05, 4.69) is 4.74 Å². The van der Waals surface area contributed by atoms with E-state index in [1.807, 2.05) is 45.0 Å². The summed E-state index contributed by atoms with van der Waals surface area (Å²) in [5.41, 5.74) is 7.87. The Labute approximate surface area is 97.6 Å². The SMILES string of the molecule is CC.COC(=O)C(N)Cc1ccc(C)cc1. The van der Waals surface area contributed by atoms with E-state index in [1.54, 1.807) is 0 Å². The standard InChI is InChI=1S/C11H15NO2.C2H6/c1-8-3-5-9(6-4-8)7-10(12)11(13)14-2;1-2/h3-6,10H,7,12H2,1-2H3;1-2H3. The van der Waals surface area contributed by atoms with Crippen LogP contribution in [0.3, 0.4) is 0 Å². The van der Waals surface area contributed by atoms with Crippen molar-refractivity contribution in [3.05, 3.63) is 35.4 Å². The summed E-state index contributed by atoms with van der Waals surface area (Å²) in [6.07, 6.45) is 0.521. The lowest BCUT2D eigenvalue weighted by atomic mass is 10.1. The number of hydrogen-bond donors (Lipinski definition) is 1. The highest BCUT2D eigenvalue weighted by Gasteiger charge is 2.13. The topological polar surface area (TPSA) is 52.3 Å². The third kappa shape index (κ3) is 4.94. The van der Waals surface area contributed by atoms with Crippen molar-refractivity contribution < 1.29 is 9.53 Å². The molecule has 0 aliphatic heterocycles. The molecule has 1 rings (SSSR count). The van der Waals surface area contributed by atoms with Gasteiger partial charge < -0.3 is 10.5 Å². The molecule has 1 unspecified atom stereocenters. The van der Waals surface area contributed by atoms with Gasteiger partial charge in [0.05, 0.1) is 7.11 Å². The molecular weight excluding hydrogens is 202 g/mol. The second kappa shape index (κ2) is 7.88. The van der Waals surface area contributed by atoms with Gasteiger partial charge in [-0.2, -0.15) is 0 Å². The third-order valence-corrected chi connectivity index (χ3v) is 2.08. The lowest BCUT2D eigenvalue weighted by Crippen LogP contribution is -2.33. The van der Waals surface area contributed by atoms with Gasteiger partial charge in [0.1, 0.15) is 6.04 Å². The number of esters is 1. The normalized spacial score (nSPS) is 11.1. The van der Waals surface area contributed by atoms with E-state index in [4.69, 9.17) is 5.73 Å². The van der Waals surface area contributed by atoms with Crippen molar-refractivity contribution in [1.82, 2.24) is 0 Å². The molecular formula is C13H21NO2. The van der Waals surface area contributed by atoms with Gasteiger partial charge in [0.2, 0.25) is 0 Å². The van der Waals surface area contributed by atoms with Crippen LogP contribution >= 0.6 is 0 Å². The number of aryl methyl sites for hydroxylation is 1. The van der Waals surface area contributed by atoms with Gasteiger partial charge >= 0.3 is 5.97 Å². The molecule has 0 aliphatic rings. The van der Waals surface area contributed by atoms with E-state index in [9.17, 15) is 4.79 Å². The fourth-order valence-electron chi connectivity index (χ4n) is 1.21. The summed E-state index contributed by atoms with van der Waals surface area (Å²) in [6.45, 7) is 6.02. The molecule has 0 aliphatic carbocycles. The molecule has 0 fully saturated rings. The summed E-state index contributed by atoms with van der Waals surface area (Å²) in [4.78, 5) is 11.0. The first-order valence-electron chi connectivity index (χ1n) is 5.52. The Balaban J connectivity index is 0.00000106. The van der Waals surface area contributed by atoms with Crippen LogP contribution in [-0.4, -0.2) is 19.1 Å². The van der Waals surface area contributed by atoms with Crippen LogP contribution in [0.2, 0.25) is 0 Å². The summed E-state index contributed by atoms with van der Waals surface area (Å²) < 4.78 is 4.54. The van der Waals surface area contributed by atoms with E-state index < -0.39 is 6.04 Å². The third-order valence-electron chi connectivity index (χ3n) is 2.08. The number of nitrogens with two attached hydrogens (primary N) is 1. The first-order chi connectivity index (χ1) is 7.63. The maximum atomic E-state index is 11.0. The smallest absolute Gasteiger partial charge is 0.322 e. The Morgan fingerprint density at radius 3 is 2.25 bits per heavy atom. The van der Waals surface area contributed by atoms with Gasteiger partial charge in [0.25, 0.3) is 0 Å². The molecule has 0 aromatic heterocycles. The second-order valence-electron chi connectivity index (χ2n) is 3.32.